The van der Waals surface area contributed by atoms with Gasteiger partial charge in [0, 0.05) is 36.4 Å². The number of pyridine rings is 1. The smallest absolute Gasteiger partial charge is 0.170 e. The van der Waals surface area contributed by atoms with Gasteiger partial charge in [0.1, 0.15) is 5.75 Å². The number of ether oxygens (including phenoxy) is 2. The Morgan fingerprint density at radius 3 is 2.67 bits per heavy atom. The number of methoxy groups -OCH3 is 1. The summed E-state index contributed by atoms with van der Waals surface area (Å²) in [6, 6.07) is 16.6. The number of hydrogen-bond donors (Lipinski definition) is 1. The van der Waals surface area contributed by atoms with Crippen LogP contribution in [0.5, 0.6) is 5.75 Å². The minimum Gasteiger partial charge on any atom is -0.497 e. The minimum atomic E-state index is -0.0232. The van der Waals surface area contributed by atoms with Crippen LogP contribution in [0.2, 0.25) is 0 Å². The number of benzene rings is 1. The fraction of sp³-hybridized carbons (Fsp3) is 0.385. The zero-order valence-corrected chi connectivity index (χ0v) is 20.1. The first-order chi connectivity index (χ1) is 16.1. The highest BCUT2D eigenvalue weighted by molar-refractivity contribution is 7.80. The van der Waals surface area contributed by atoms with Crippen molar-refractivity contribution in [1.82, 2.24) is 19.8 Å². The van der Waals surface area contributed by atoms with E-state index in [1.807, 2.05) is 30.5 Å². The van der Waals surface area contributed by atoms with E-state index >= 15 is 0 Å². The zero-order chi connectivity index (χ0) is 22.9. The Balaban J connectivity index is 1.57. The van der Waals surface area contributed by atoms with Gasteiger partial charge in [-0.25, -0.2) is 0 Å². The van der Waals surface area contributed by atoms with Crippen molar-refractivity contribution in [3.63, 3.8) is 0 Å². The maximum absolute atomic E-state index is 5.98. The topological polar surface area (TPSA) is 51.5 Å². The van der Waals surface area contributed by atoms with Crippen LogP contribution >= 0.6 is 12.2 Å². The molecule has 0 unspecified atom stereocenters. The predicted molar refractivity (Wildman–Crippen MR) is 133 cm³/mol. The number of rotatable bonds is 6. The summed E-state index contributed by atoms with van der Waals surface area (Å²) in [6.45, 7) is 5.96. The van der Waals surface area contributed by atoms with Crippen molar-refractivity contribution >= 4 is 17.3 Å². The fourth-order valence-corrected chi connectivity index (χ4v) is 5.48. The molecule has 2 aliphatic heterocycles. The molecule has 6 nitrogen and oxygen atoms in total. The molecule has 4 heterocycles. The van der Waals surface area contributed by atoms with E-state index in [-0.39, 0.29) is 18.2 Å². The molecule has 0 bridgehead atoms. The average Bonchev–Trinajstić information content (AvgIpc) is 3.54. The summed E-state index contributed by atoms with van der Waals surface area (Å²) in [5, 5.41) is 4.33. The molecule has 0 aliphatic carbocycles. The molecule has 5 rings (SSSR count). The van der Waals surface area contributed by atoms with Crippen molar-refractivity contribution in [3.8, 4) is 11.4 Å². The molecular formula is C26H30N4O2S. The van der Waals surface area contributed by atoms with E-state index in [0.29, 0.717) is 0 Å². The molecule has 3 aromatic rings. The van der Waals surface area contributed by atoms with Crippen LogP contribution in [0.3, 0.4) is 0 Å². The molecule has 0 spiro atoms. The summed E-state index contributed by atoms with van der Waals surface area (Å²) >= 11 is 5.84. The van der Waals surface area contributed by atoms with Gasteiger partial charge in [-0.2, -0.15) is 0 Å². The first-order valence-electron chi connectivity index (χ1n) is 11.5. The molecule has 33 heavy (non-hydrogen) atoms. The van der Waals surface area contributed by atoms with Crippen molar-refractivity contribution < 1.29 is 9.47 Å². The van der Waals surface area contributed by atoms with E-state index in [9.17, 15) is 0 Å². The summed E-state index contributed by atoms with van der Waals surface area (Å²) in [4.78, 5) is 6.98. The average molecular weight is 463 g/mol. The van der Waals surface area contributed by atoms with Gasteiger partial charge in [-0.15, -0.1) is 0 Å². The molecular weight excluding hydrogens is 432 g/mol. The van der Waals surface area contributed by atoms with E-state index in [1.165, 1.54) is 17.0 Å². The Kier molecular flexibility index (Phi) is 6.08. The third-order valence-electron chi connectivity index (χ3n) is 6.74. The van der Waals surface area contributed by atoms with Crippen LogP contribution in [0.15, 0.2) is 54.7 Å². The van der Waals surface area contributed by atoms with Gasteiger partial charge in [-0.3, -0.25) is 4.98 Å². The number of aromatic nitrogens is 2. The van der Waals surface area contributed by atoms with E-state index < -0.39 is 0 Å². The van der Waals surface area contributed by atoms with E-state index in [0.717, 1.165) is 48.2 Å². The standard InChI is InChI=1S/C26H30N4O2S/c1-17-15-22(18(2)30(17)19-9-11-20(31-3)12-10-19)25-24(23-8-4-5-13-27-23)28-26(33)29(25)16-21-7-6-14-32-21/h4-5,8-13,15,21,24-25H,6-7,14,16H2,1-3H3,(H,28,33)/t21-,24-,25+/m0/s1. The second-order valence-corrected chi connectivity index (χ2v) is 9.16. The third-order valence-corrected chi connectivity index (χ3v) is 7.09. The van der Waals surface area contributed by atoms with E-state index in [4.69, 9.17) is 21.7 Å². The molecule has 2 saturated heterocycles. The van der Waals surface area contributed by atoms with Crippen LogP contribution in [0.1, 0.15) is 47.6 Å². The number of aryl methyl sites for hydroxylation is 1. The lowest BCUT2D eigenvalue weighted by atomic mass is 9.96. The molecule has 1 N–H and O–H groups in total. The van der Waals surface area contributed by atoms with Crippen molar-refractivity contribution in [1.29, 1.82) is 0 Å². The normalized spacial score (nSPS) is 22.6. The molecule has 2 aromatic heterocycles. The maximum atomic E-state index is 5.98. The van der Waals surface area contributed by atoms with Gasteiger partial charge < -0.3 is 24.3 Å². The first kappa shape index (κ1) is 21.9. The second-order valence-electron chi connectivity index (χ2n) is 8.77. The lowest BCUT2D eigenvalue weighted by Crippen LogP contribution is -2.36. The zero-order valence-electron chi connectivity index (χ0n) is 19.3. The molecule has 172 valence electrons. The molecule has 0 amide bonds. The Hall–Kier alpha value is -2.90. The van der Waals surface area contributed by atoms with Gasteiger partial charge in [0.05, 0.1) is 31.0 Å². The van der Waals surface area contributed by atoms with Crippen LogP contribution in [-0.4, -0.2) is 45.9 Å². The number of nitrogens with one attached hydrogen (secondary N) is 1. The third kappa shape index (κ3) is 4.11. The lowest BCUT2D eigenvalue weighted by molar-refractivity contribution is 0.0842. The van der Waals surface area contributed by atoms with Crippen LogP contribution in [0, 0.1) is 13.8 Å². The molecule has 0 saturated carbocycles. The minimum absolute atomic E-state index is 0.0232. The van der Waals surface area contributed by atoms with Crippen molar-refractivity contribution in [3.05, 3.63) is 77.4 Å². The quantitative estimate of drug-likeness (QED) is 0.538. The van der Waals surface area contributed by atoms with Crippen LogP contribution in [0.25, 0.3) is 5.69 Å². The molecule has 2 fully saturated rings. The van der Waals surface area contributed by atoms with Gasteiger partial charge in [0.2, 0.25) is 0 Å². The molecule has 3 atom stereocenters. The maximum Gasteiger partial charge on any atom is 0.170 e. The number of hydrogen-bond acceptors (Lipinski definition) is 4. The van der Waals surface area contributed by atoms with Gasteiger partial charge >= 0.3 is 0 Å². The summed E-state index contributed by atoms with van der Waals surface area (Å²) in [5.41, 5.74) is 5.75. The Morgan fingerprint density at radius 2 is 2.00 bits per heavy atom. The summed E-state index contributed by atoms with van der Waals surface area (Å²) < 4.78 is 13.6. The predicted octanol–water partition coefficient (Wildman–Crippen LogP) is 4.65. The summed E-state index contributed by atoms with van der Waals surface area (Å²) in [5.74, 6) is 0.852. The highest BCUT2D eigenvalue weighted by Crippen LogP contribution is 2.42. The highest BCUT2D eigenvalue weighted by atomic mass is 32.1. The number of nitrogens with zero attached hydrogens (tertiary/aromatic N) is 3. The van der Waals surface area contributed by atoms with Gasteiger partial charge in [0.15, 0.2) is 5.11 Å². The van der Waals surface area contributed by atoms with Crippen LogP contribution in [0.4, 0.5) is 0 Å². The largest absolute Gasteiger partial charge is 0.497 e. The summed E-state index contributed by atoms with van der Waals surface area (Å²) in [7, 11) is 1.69. The van der Waals surface area contributed by atoms with Gasteiger partial charge in [0.25, 0.3) is 0 Å². The van der Waals surface area contributed by atoms with Gasteiger partial charge in [-0.05, 0) is 86.9 Å². The monoisotopic (exact) mass is 462 g/mol. The highest BCUT2D eigenvalue weighted by Gasteiger charge is 2.42. The molecule has 2 aliphatic rings. The Bertz CT molecular complexity index is 1120. The van der Waals surface area contributed by atoms with Crippen LogP contribution in [-0.2, 0) is 4.74 Å². The van der Waals surface area contributed by atoms with Crippen molar-refractivity contribution in [2.24, 2.45) is 0 Å². The molecule has 1 aromatic carbocycles. The fourth-order valence-electron chi connectivity index (χ4n) is 5.16. The van der Waals surface area contributed by atoms with Crippen molar-refractivity contribution in [2.75, 3.05) is 20.3 Å². The Morgan fingerprint density at radius 1 is 1.18 bits per heavy atom. The number of thiocarbonyl (C=S) groups is 1. The summed E-state index contributed by atoms with van der Waals surface area (Å²) in [6.07, 6.45) is 4.24. The van der Waals surface area contributed by atoms with Gasteiger partial charge in [-0.1, -0.05) is 6.07 Å². The van der Waals surface area contributed by atoms with Crippen molar-refractivity contribution in [2.45, 2.75) is 44.9 Å². The van der Waals surface area contributed by atoms with E-state index in [1.54, 1.807) is 7.11 Å². The first-order valence-corrected chi connectivity index (χ1v) is 11.9. The van der Waals surface area contributed by atoms with Crippen LogP contribution < -0.4 is 10.1 Å². The lowest BCUT2D eigenvalue weighted by Gasteiger charge is -2.30. The van der Waals surface area contributed by atoms with E-state index in [2.05, 4.69) is 57.9 Å². The molecule has 0 radical (unpaired) electrons. The molecule has 7 heteroatoms. The second kappa shape index (κ2) is 9.15. The Labute approximate surface area is 200 Å². The SMILES string of the molecule is COc1ccc(-n2c(C)cc([C@@H]3[C@H](c4ccccn4)NC(=S)N3C[C@@H]3CCCO3)c2C)cc1.